The predicted molar refractivity (Wildman–Crippen MR) is 185 cm³/mol. The van der Waals surface area contributed by atoms with Crippen LogP contribution in [0.1, 0.15) is 43.3 Å². The summed E-state index contributed by atoms with van der Waals surface area (Å²) < 4.78 is 9.74. The van der Waals surface area contributed by atoms with Gasteiger partial charge in [0.25, 0.3) is 11.8 Å². The van der Waals surface area contributed by atoms with Gasteiger partial charge in [0, 0.05) is 34.0 Å². The van der Waals surface area contributed by atoms with Gasteiger partial charge in [-0.05, 0) is 20.8 Å². The number of rotatable bonds is 9. The molecular weight excluding hydrogens is 672 g/mol. The summed E-state index contributed by atoms with van der Waals surface area (Å²) in [4.78, 5) is 52.5. The van der Waals surface area contributed by atoms with Crippen molar-refractivity contribution in [1.82, 2.24) is 19.6 Å². The van der Waals surface area contributed by atoms with Crippen LogP contribution in [0.25, 0.3) is 0 Å². The van der Waals surface area contributed by atoms with Gasteiger partial charge in [0.05, 0.1) is 5.03 Å². The van der Waals surface area contributed by atoms with E-state index in [1.807, 2.05) is 91.0 Å². The molecule has 4 aromatic rings. The van der Waals surface area contributed by atoms with Crippen molar-refractivity contribution in [1.29, 1.82) is 0 Å². The second kappa shape index (κ2) is 13.4. The van der Waals surface area contributed by atoms with Gasteiger partial charge < -0.3 is 20.6 Å². The van der Waals surface area contributed by atoms with Crippen molar-refractivity contribution in [2.45, 2.75) is 43.4 Å². The lowest BCUT2D eigenvalue weighted by Crippen LogP contribution is -2.71. The Morgan fingerprint density at radius 1 is 0.958 bits per heavy atom. The molecule has 1 aromatic heterocycles. The molecular formula is C34H31ClN6O5S2. The molecule has 1 fully saturated rings. The molecule has 2 atom stereocenters. The zero-order chi connectivity index (χ0) is 34.1. The molecule has 0 aliphatic carbocycles. The van der Waals surface area contributed by atoms with Gasteiger partial charge >= 0.3 is 5.97 Å². The topological polar surface area (TPSA) is 149 Å². The summed E-state index contributed by atoms with van der Waals surface area (Å²) in [6, 6.07) is 27.5. The van der Waals surface area contributed by atoms with E-state index in [-0.39, 0.29) is 33.1 Å². The van der Waals surface area contributed by atoms with Crippen molar-refractivity contribution in [3.8, 4) is 0 Å². The molecule has 3 heterocycles. The van der Waals surface area contributed by atoms with Crippen molar-refractivity contribution in [3.63, 3.8) is 0 Å². The number of oxime groups is 1. The molecule has 48 heavy (non-hydrogen) atoms. The van der Waals surface area contributed by atoms with Crippen LogP contribution in [0.15, 0.2) is 107 Å². The van der Waals surface area contributed by atoms with Crippen LogP contribution in [-0.4, -0.2) is 60.5 Å². The van der Waals surface area contributed by atoms with E-state index in [2.05, 4.69) is 19.8 Å². The standard InChI is InChI=1S/C34H31ClN6O5S2/c1-33(2,3)45-31(44)26-23(35)19-47-30-25(29(43)41(26)30)37-28(42)24(27-38-32(36)48-40-27)39-46-34(20-13-7-4-8-14-20,21-15-9-5-10-16-21)22-17-11-6-12-18-22/h4-18,25,30H,19H2,1-3H3,(H,37,42)(H2,36,38,40)/b39-24-/t25-,30-/m1/s1. The summed E-state index contributed by atoms with van der Waals surface area (Å²) in [5.41, 5.74) is 5.73. The Bertz CT molecular complexity index is 1800. The molecule has 3 aromatic carbocycles. The van der Waals surface area contributed by atoms with E-state index in [4.69, 9.17) is 26.9 Å². The minimum atomic E-state index is -1.30. The lowest BCUT2D eigenvalue weighted by molar-refractivity contribution is -0.158. The van der Waals surface area contributed by atoms with Crippen molar-refractivity contribution < 1.29 is 24.0 Å². The number of anilines is 1. The number of hydrogen-bond acceptors (Lipinski definition) is 11. The zero-order valence-electron chi connectivity index (χ0n) is 26.1. The van der Waals surface area contributed by atoms with Gasteiger partial charge in [-0.15, -0.1) is 11.8 Å². The number of nitrogen functional groups attached to an aromatic ring is 1. The third-order valence-electron chi connectivity index (χ3n) is 7.48. The van der Waals surface area contributed by atoms with E-state index in [0.717, 1.165) is 28.2 Å². The molecule has 2 aliphatic heterocycles. The molecule has 0 radical (unpaired) electrons. The van der Waals surface area contributed by atoms with E-state index >= 15 is 0 Å². The number of nitrogens with zero attached hydrogens (tertiary/aromatic N) is 4. The summed E-state index contributed by atoms with van der Waals surface area (Å²) in [6.45, 7) is 5.17. The van der Waals surface area contributed by atoms with Gasteiger partial charge in [0.2, 0.25) is 17.1 Å². The molecule has 246 valence electrons. The number of hydrogen-bond donors (Lipinski definition) is 2. The van der Waals surface area contributed by atoms with Crippen molar-refractivity contribution in [3.05, 3.63) is 124 Å². The fourth-order valence-electron chi connectivity index (χ4n) is 5.41. The maximum Gasteiger partial charge on any atom is 0.356 e. The third-order valence-corrected chi connectivity index (χ3v) is 9.78. The van der Waals surface area contributed by atoms with Gasteiger partial charge in [-0.1, -0.05) is 108 Å². The van der Waals surface area contributed by atoms with Crippen molar-refractivity contribution >= 4 is 63.5 Å². The van der Waals surface area contributed by atoms with Crippen LogP contribution in [0, 0.1) is 0 Å². The summed E-state index contributed by atoms with van der Waals surface area (Å²) in [6.07, 6.45) is 0. The first kappa shape index (κ1) is 33.2. The molecule has 6 rings (SSSR count). The molecule has 0 spiro atoms. The number of carbonyl (C=O) groups is 3. The monoisotopic (exact) mass is 702 g/mol. The SMILES string of the molecule is CC(C)(C)OC(=O)C1=C(Cl)CS[C@@H]2[C@H](NC(=O)/C(=N\OC(c3ccccc3)(c3ccccc3)c3ccccc3)c3nsc(N)n3)C(=O)N12. The van der Waals surface area contributed by atoms with Gasteiger partial charge in [0.1, 0.15) is 22.7 Å². The van der Waals surface area contributed by atoms with Crippen molar-refractivity contribution in [2.75, 3.05) is 11.5 Å². The van der Waals surface area contributed by atoms with Crippen LogP contribution in [-0.2, 0) is 29.6 Å². The van der Waals surface area contributed by atoms with E-state index in [1.54, 1.807) is 20.8 Å². The van der Waals surface area contributed by atoms with Gasteiger partial charge in [-0.3, -0.25) is 14.5 Å². The highest BCUT2D eigenvalue weighted by molar-refractivity contribution is 8.00. The second-order valence-corrected chi connectivity index (χ2v) is 14.2. The Hall–Kier alpha value is -4.72. The lowest BCUT2D eigenvalue weighted by atomic mass is 9.80. The number of fused-ring (bicyclic) bond motifs is 1. The number of amides is 2. The highest BCUT2D eigenvalue weighted by Crippen LogP contribution is 2.43. The number of aromatic nitrogens is 2. The van der Waals surface area contributed by atoms with E-state index in [9.17, 15) is 14.4 Å². The minimum Gasteiger partial charge on any atom is -0.455 e. The van der Waals surface area contributed by atoms with Crippen LogP contribution < -0.4 is 11.1 Å². The Balaban J connectivity index is 1.36. The molecule has 0 saturated carbocycles. The average molecular weight is 703 g/mol. The van der Waals surface area contributed by atoms with Crippen LogP contribution in [0.3, 0.4) is 0 Å². The number of ether oxygens (including phenoxy) is 1. The number of thioether (sulfide) groups is 1. The highest BCUT2D eigenvalue weighted by Gasteiger charge is 2.55. The summed E-state index contributed by atoms with van der Waals surface area (Å²) in [5.74, 6) is -1.84. The predicted octanol–water partition coefficient (Wildman–Crippen LogP) is 5.03. The molecule has 2 amide bonds. The maximum atomic E-state index is 14.0. The smallest absolute Gasteiger partial charge is 0.356 e. The Morgan fingerprint density at radius 3 is 1.98 bits per heavy atom. The fourth-order valence-corrected chi connectivity index (χ4v) is 7.39. The Morgan fingerprint density at radius 2 is 1.50 bits per heavy atom. The van der Waals surface area contributed by atoms with Crippen LogP contribution in [0.2, 0.25) is 0 Å². The first-order chi connectivity index (χ1) is 23.0. The normalized spacial score (nSPS) is 18.1. The van der Waals surface area contributed by atoms with Crippen molar-refractivity contribution in [2.24, 2.45) is 5.16 Å². The lowest BCUT2D eigenvalue weighted by Gasteiger charge is -2.49. The number of β-lactam (4-membered cyclic amide) rings is 1. The van der Waals surface area contributed by atoms with Gasteiger partial charge in [-0.2, -0.15) is 9.36 Å². The van der Waals surface area contributed by atoms with Gasteiger partial charge in [-0.25, -0.2) is 4.79 Å². The number of carbonyl (C=O) groups excluding carboxylic acids is 3. The second-order valence-electron chi connectivity index (χ2n) is 11.9. The first-order valence-electron chi connectivity index (χ1n) is 14.9. The summed E-state index contributed by atoms with van der Waals surface area (Å²) in [5, 5.41) is 6.89. The number of nitrogens with two attached hydrogens (primary N) is 1. The quantitative estimate of drug-likeness (QED) is 0.0806. The molecule has 1 saturated heterocycles. The molecule has 0 bridgehead atoms. The summed E-state index contributed by atoms with van der Waals surface area (Å²) in [7, 11) is 0. The van der Waals surface area contributed by atoms with E-state index < -0.39 is 40.4 Å². The van der Waals surface area contributed by atoms with E-state index in [1.165, 1.54) is 16.7 Å². The third kappa shape index (κ3) is 6.40. The Labute approximate surface area is 290 Å². The van der Waals surface area contributed by atoms with Crippen LogP contribution in [0.5, 0.6) is 0 Å². The summed E-state index contributed by atoms with van der Waals surface area (Å²) >= 11 is 8.60. The fraction of sp³-hybridized carbons (Fsp3) is 0.235. The number of esters is 1. The Kier molecular flexibility index (Phi) is 9.28. The highest BCUT2D eigenvalue weighted by atomic mass is 35.5. The van der Waals surface area contributed by atoms with E-state index in [0.29, 0.717) is 0 Å². The first-order valence-corrected chi connectivity index (χ1v) is 17.1. The average Bonchev–Trinajstić information content (AvgIpc) is 3.51. The number of nitrogens with one attached hydrogen (secondary N) is 1. The largest absolute Gasteiger partial charge is 0.455 e. The molecule has 14 heteroatoms. The molecule has 2 aliphatic rings. The number of benzene rings is 3. The van der Waals surface area contributed by atoms with Crippen LogP contribution in [0.4, 0.5) is 5.13 Å². The van der Waals surface area contributed by atoms with Crippen LogP contribution >= 0.6 is 34.9 Å². The molecule has 3 N–H and O–H groups in total. The molecule has 0 unspecified atom stereocenters. The number of halogens is 1. The minimum absolute atomic E-state index is 0.0321. The molecule has 11 nitrogen and oxygen atoms in total. The maximum absolute atomic E-state index is 14.0. The van der Waals surface area contributed by atoms with Gasteiger partial charge in [0.15, 0.2) is 5.13 Å². The zero-order valence-corrected chi connectivity index (χ0v) is 28.5.